The lowest BCUT2D eigenvalue weighted by molar-refractivity contribution is 0.188. The summed E-state index contributed by atoms with van der Waals surface area (Å²) in [7, 11) is 2.23. The first-order valence-electron chi connectivity index (χ1n) is 7.45. The summed E-state index contributed by atoms with van der Waals surface area (Å²) in [5, 5.41) is 3.86. The number of unbranched alkanes of at least 4 members (excludes halogenated alkanes) is 1. The Morgan fingerprint density at radius 1 is 1.06 bits per heavy atom. The molecule has 2 rings (SSSR count). The van der Waals surface area contributed by atoms with Crippen molar-refractivity contribution in [2.45, 2.75) is 51.1 Å². The van der Waals surface area contributed by atoms with Crippen LogP contribution in [0.5, 0.6) is 0 Å². The van der Waals surface area contributed by atoms with E-state index in [1.807, 2.05) is 0 Å². The number of nitrogens with zero attached hydrogens (tertiary/aromatic N) is 2. The fraction of sp³-hybridized carbons (Fsp3) is 1.00. The maximum atomic E-state index is 3.86. The van der Waals surface area contributed by atoms with Gasteiger partial charge in [-0.1, -0.05) is 13.3 Å². The zero-order valence-electron chi connectivity index (χ0n) is 11.6. The van der Waals surface area contributed by atoms with Gasteiger partial charge in [-0.05, 0) is 58.9 Å². The topological polar surface area (TPSA) is 18.5 Å². The standard InChI is InChI=1S/C14H29N3/c1-3-4-8-17-10-6-13(7-11-17)15-14-5-9-16(2)12-14/h13-15H,3-12H2,1-2H3. The largest absolute Gasteiger partial charge is 0.310 e. The second-order valence-electron chi connectivity index (χ2n) is 5.88. The Balaban J connectivity index is 1.62. The summed E-state index contributed by atoms with van der Waals surface area (Å²) in [4.78, 5) is 5.08. The second-order valence-corrected chi connectivity index (χ2v) is 5.88. The summed E-state index contributed by atoms with van der Waals surface area (Å²) < 4.78 is 0. The van der Waals surface area contributed by atoms with Crippen LogP contribution in [-0.4, -0.2) is 61.7 Å². The number of likely N-dealkylation sites (tertiary alicyclic amines) is 2. The lowest BCUT2D eigenvalue weighted by atomic mass is 10.0. The molecular formula is C14H29N3. The minimum absolute atomic E-state index is 0.757. The molecule has 3 heteroatoms. The number of rotatable bonds is 5. The molecule has 2 saturated heterocycles. The summed E-state index contributed by atoms with van der Waals surface area (Å²) >= 11 is 0. The number of hydrogen-bond acceptors (Lipinski definition) is 3. The first kappa shape index (κ1) is 13.3. The molecule has 0 aromatic heterocycles. The molecule has 100 valence electrons. The van der Waals surface area contributed by atoms with E-state index in [4.69, 9.17) is 0 Å². The first-order valence-corrected chi connectivity index (χ1v) is 7.45. The minimum Gasteiger partial charge on any atom is -0.310 e. The van der Waals surface area contributed by atoms with Crippen molar-refractivity contribution in [1.29, 1.82) is 0 Å². The Kier molecular flexibility index (Phi) is 5.26. The molecule has 0 radical (unpaired) electrons. The number of piperidine rings is 1. The average Bonchev–Trinajstić information content (AvgIpc) is 2.74. The molecule has 1 atom stereocenters. The Morgan fingerprint density at radius 3 is 2.35 bits per heavy atom. The molecule has 2 aliphatic rings. The molecule has 0 saturated carbocycles. The van der Waals surface area contributed by atoms with Gasteiger partial charge < -0.3 is 15.1 Å². The smallest absolute Gasteiger partial charge is 0.0209 e. The Labute approximate surface area is 107 Å². The van der Waals surface area contributed by atoms with Crippen LogP contribution >= 0.6 is 0 Å². The minimum atomic E-state index is 0.757. The lowest BCUT2D eigenvalue weighted by Crippen LogP contribution is -2.47. The van der Waals surface area contributed by atoms with E-state index in [0.29, 0.717) is 0 Å². The zero-order chi connectivity index (χ0) is 12.1. The van der Waals surface area contributed by atoms with E-state index in [0.717, 1.165) is 12.1 Å². The van der Waals surface area contributed by atoms with Gasteiger partial charge in [0, 0.05) is 18.6 Å². The molecule has 0 aromatic rings. The summed E-state index contributed by atoms with van der Waals surface area (Å²) in [6.45, 7) is 8.73. The van der Waals surface area contributed by atoms with Crippen molar-refractivity contribution < 1.29 is 0 Å². The van der Waals surface area contributed by atoms with Crippen molar-refractivity contribution in [3.8, 4) is 0 Å². The van der Waals surface area contributed by atoms with E-state index < -0.39 is 0 Å². The molecule has 0 spiro atoms. The molecule has 2 aliphatic heterocycles. The summed E-state index contributed by atoms with van der Waals surface area (Å²) in [6.07, 6.45) is 6.73. The molecule has 0 bridgehead atoms. The van der Waals surface area contributed by atoms with E-state index in [-0.39, 0.29) is 0 Å². The van der Waals surface area contributed by atoms with Crippen LogP contribution in [0.15, 0.2) is 0 Å². The SMILES string of the molecule is CCCCN1CCC(NC2CCN(C)C2)CC1. The van der Waals surface area contributed by atoms with Gasteiger partial charge in [0.1, 0.15) is 0 Å². The number of likely N-dealkylation sites (N-methyl/N-ethyl adjacent to an activating group) is 1. The molecule has 3 nitrogen and oxygen atoms in total. The predicted octanol–water partition coefficient (Wildman–Crippen LogP) is 1.54. The van der Waals surface area contributed by atoms with Gasteiger partial charge in [0.15, 0.2) is 0 Å². The quantitative estimate of drug-likeness (QED) is 0.785. The molecule has 1 N–H and O–H groups in total. The van der Waals surface area contributed by atoms with Gasteiger partial charge in [-0.3, -0.25) is 0 Å². The average molecular weight is 239 g/mol. The van der Waals surface area contributed by atoms with Crippen molar-refractivity contribution in [3.05, 3.63) is 0 Å². The van der Waals surface area contributed by atoms with E-state index in [1.165, 1.54) is 64.8 Å². The van der Waals surface area contributed by atoms with Crippen LogP contribution in [0.25, 0.3) is 0 Å². The molecule has 2 fully saturated rings. The fourth-order valence-corrected chi connectivity index (χ4v) is 3.11. The molecule has 1 unspecified atom stereocenters. The lowest BCUT2D eigenvalue weighted by Gasteiger charge is -2.33. The van der Waals surface area contributed by atoms with Crippen molar-refractivity contribution in [1.82, 2.24) is 15.1 Å². The summed E-state index contributed by atoms with van der Waals surface area (Å²) in [6, 6.07) is 1.54. The van der Waals surface area contributed by atoms with E-state index in [2.05, 4.69) is 29.1 Å². The number of nitrogens with one attached hydrogen (secondary N) is 1. The van der Waals surface area contributed by atoms with Gasteiger partial charge in [0.05, 0.1) is 0 Å². The predicted molar refractivity (Wildman–Crippen MR) is 73.4 cm³/mol. The van der Waals surface area contributed by atoms with E-state index in [9.17, 15) is 0 Å². The molecule has 0 amide bonds. The highest BCUT2D eigenvalue weighted by atomic mass is 15.2. The van der Waals surface area contributed by atoms with Crippen LogP contribution in [0.4, 0.5) is 0 Å². The summed E-state index contributed by atoms with van der Waals surface area (Å²) in [5.74, 6) is 0. The van der Waals surface area contributed by atoms with E-state index >= 15 is 0 Å². The zero-order valence-corrected chi connectivity index (χ0v) is 11.6. The Bertz CT molecular complexity index is 212. The molecule has 2 heterocycles. The normalized spacial score (nSPS) is 28.9. The molecule has 0 aromatic carbocycles. The number of hydrogen-bond donors (Lipinski definition) is 1. The van der Waals surface area contributed by atoms with Crippen LogP contribution < -0.4 is 5.32 Å². The van der Waals surface area contributed by atoms with Crippen molar-refractivity contribution in [3.63, 3.8) is 0 Å². The van der Waals surface area contributed by atoms with Crippen molar-refractivity contribution >= 4 is 0 Å². The third kappa shape index (κ3) is 4.23. The monoisotopic (exact) mass is 239 g/mol. The van der Waals surface area contributed by atoms with Crippen molar-refractivity contribution in [2.75, 3.05) is 39.8 Å². The maximum Gasteiger partial charge on any atom is 0.0209 e. The van der Waals surface area contributed by atoms with Gasteiger partial charge in [-0.2, -0.15) is 0 Å². The Hall–Kier alpha value is -0.120. The third-order valence-electron chi connectivity index (χ3n) is 4.28. The maximum absolute atomic E-state index is 3.86. The van der Waals surface area contributed by atoms with Crippen LogP contribution in [0, 0.1) is 0 Å². The van der Waals surface area contributed by atoms with Crippen LogP contribution in [-0.2, 0) is 0 Å². The second kappa shape index (κ2) is 6.72. The van der Waals surface area contributed by atoms with Gasteiger partial charge in [-0.15, -0.1) is 0 Å². The van der Waals surface area contributed by atoms with Gasteiger partial charge >= 0.3 is 0 Å². The van der Waals surface area contributed by atoms with Crippen LogP contribution in [0.3, 0.4) is 0 Å². The van der Waals surface area contributed by atoms with Gasteiger partial charge in [-0.25, -0.2) is 0 Å². The van der Waals surface area contributed by atoms with Crippen LogP contribution in [0.2, 0.25) is 0 Å². The Morgan fingerprint density at radius 2 is 1.76 bits per heavy atom. The fourth-order valence-electron chi connectivity index (χ4n) is 3.11. The molecule has 17 heavy (non-hydrogen) atoms. The first-order chi connectivity index (χ1) is 8.28. The highest BCUT2D eigenvalue weighted by Gasteiger charge is 2.24. The van der Waals surface area contributed by atoms with E-state index in [1.54, 1.807) is 0 Å². The van der Waals surface area contributed by atoms with Gasteiger partial charge in [0.2, 0.25) is 0 Å². The highest BCUT2D eigenvalue weighted by molar-refractivity contribution is 4.85. The molecule has 0 aliphatic carbocycles. The van der Waals surface area contributed by atoms with Gasteiger partial charge in [0.25, 0.3) is 0 Å². The highest BCUT2D eigenvalue weighted by Crippen LogP contribution is 2.14. The van der Waals surface area contributed by atoms with Crippen LogP contribution in [0.1, 0.15) is 39.0 Å². The molecular weight excluding hydrogens is 210 g/mol. The van der Waals surface area contributed by atoms with Crippen molar-refractivity contribution in [2.24, 2.45) is 0 Å². The third-order valence-corrected chi connectivity index (χ3v) is 4.28. The summed E-state index contributed by atoms with van der Waals surface area (Å²) in [5.41, 5.74) is 0.